The third-order valence-corrected chi connectivity index (χ3v) is 2.89. The second kappa shape index (κ2) is 5.69. The Bertz CT molecular complexity index is 514. The predicted octanol–water partition coefficient (Wildman–Crippen LogP) is 3.41. The fourth-order valence-electron chi connectivity index (χ4n) is 2.15. The number of hydrogen-bond acceptors (Lipinski definition) is 2. The first-order valence-corrected chi connectivity index (χ1v) is 6.18. The molecule has 0 bridgehead atoms. The molecule has 94 valence electrons. The number of aryl methyl sites for hydroxylation is 2. The Morgan fingerprint density at radius 2 is 1.67 bits per heavy atom. The van der Waals surface area contributed by atoms with Crippen molar-refractivity contribution in [1.29, 1.82) is 0 Å². The Hall–Kier alpha value is -1.80. The van der Waals surface area contributed by atoms with Crippen LogP contribution < -0.4 is 5.32 Å². The van der Waals surface area contributed by atoms with Gasteiger partial charge in [0.2, 0.25) is 0 Å². The lowest BCUT2D eigenvalue weighted by Gasteiger charge is -2.09. The molecule has 0 unspecified atom stereocenters. The van der Waals surface area contributed by atoms with Crippen LogP contribution in [0.4, 0.5) is 5.69 Å². The molecule has 0 saturated carbocycles. The van der Waals surface area contributed by atoms with Crippen molar-refractivity contribution in [3.8, 4) is 0 Å². The van der Waals surface area contributed by atoms with E-state index in [9.17, 15) is 0 Å². The molecule has 2 nitrogen and oxygen atoms in total. The summed E-state index contributed by atoms with van der Waals surface area (Å²) < 4.78 is 0. The topological polar surface area (TPSA) is 32.3 Å². The molecule has 0 amide bonds. The maximum absolute atomic E-state index is 9.09. The molecular formula is C16H19NO. The van der Waals surface area contributed by atoms with E-state index < -0.39 is 0 Å². The van der Waals surface area contributed by atoms with E-state index in [0.717, 1.165) is 17.8 Å². The number of anilines is 1. The third-order valence-electron chi connectivity index (χ3n) is 2.89. The Morgan fingerprint density at radius 1 is 0.944 bits per heavy atom. The van der Waals surface area contributed by atoms with Gasteiger partial charge in [0.25, 0.3) is 0 Å². The molecule has 0 radical (unpaired) electrons. The van der Waals surface area contributed by atoms with Crippen molar-refractivity contribution in [1.82, 2.24) is 0 Å². The Labute approximate surface area is 108 Å². The molecule has 0 aliphatic carbocycles. The van der Waals surface area contributed by atoms with Crippen molar-refractivity contribution in [3.63, 3.8) is 0 Å². The van der Waals surface area contributed by atoms with Gasteiger partial charge in [-0.25, -0.2) is 0 Å². The maximum Gasteiger partial charge on any atom is 0.0682 e. The van der Waals surface area contributed by atoms with Crippen LogP contribution in [0.1, 0.15) is 22.3 Å². The van der Waals surface area contributed by atoms with E-state index in [1.807, 2.05) is 24.3 Å². The number of hydrogen-bond donors (Lipinski definition) is 2. The molecule has 0 atom stereocenters. The number of benzene rings is 2. The van der Waals surface area contributed by atoms with Crippen molar-refractivity contribution in [3.05, 3.63) is 64.7 Å². The highest BCUT2D eigenvalue weighted by atomic mass is 16.3. The van der Waals surface area contributed by atoms with Gasteiger partial charge < -0.3 is 10.4 Å². The zero-order valence-electron chi connectivity index (χ0n) is 10.9. The van der Waals surface area contributed by atoms with Crippen LogP contribution in [0.15, 0.2) is 42.5 Å². The van der Waals surface area contributed by atoms with Crippen LogP contribution in [-0.2, 0) is 13.2 Å². The third kappa shape index (κ3) is 3.34. The molecule has 0 aliphatic heterocycles. The minimum absolute atomic E-state index is 0.0824. The normalized spacial score (nSPS) is 10.4. The van der Waals surface area contributed by atoms with Crippen LogP contribution in [0.3, 0.4) is 0 Å². The molecular weight excluding hydrogens is 222 g/mol. The van der Waals surface area contributed by atoms with Gasteiger partial charge in [-0.3, -0.25) is 0 Å². The molecule has 18 heavy (non-hydrogen) atoms. The highest BCUT2D eigenvalue weighted by Crippen LogP contribution is 2.14. The van der Waals surface area contributed by atoms with Gasteiger partial charge in [0, 0.05) is 12.2 Å². The molecule has 2 aromatic rings. The van der Waals surface area contributed by atoms with E-state index in [1.54, 1.807) is 0 Å². The summed E-state index contributed by atoms with van der Waals surface area (Å²) in [7, 11) is 0. The van der Waals surface area contributed by atoms with Gasteiger partial charge in [0.15, 0.2) is 0 Å². The van der Waals surface area contributed by atoms with Crippen LogP contribution in [-0.4, -0.2) is 5.11 Å². The summed E-state index contributed by atoms with van der Waals surface area (Å²) in [6.45, 7) is 5.11. The molecule has 0 saturated heterocycles. The molecule has 2 N–H and O–H groups in total. The SMILES string of the molecule is Cc1cc(C)cc(CNc2cccc(CO)c2)c1. The molecule has 0 fully saturated rings. The summed E-state index contributed by atoms with van der Waals surface area (Å²) in [5, 5.41) is 12.5. The number of rotatable bonds is 4. The monoisotopic (exact) mass is 241 g/mol. The second-order valence-electron chi connectivity index (χ2n) is 4.71. The zero-order valence-corrected chi connectivity index (χ0v) is 10.9. The second-order valence-corrected chi connectivity index (χ2v) is 4.71. The predicted molar refractivity (Wildman–Crippen MR) is 75.6 cm³/mol. The van der Waals surface area contributed by atoms with Crippen molar-refractivity contribution in [2.75, 3.05) is 5.32 Å². The summed E-state index contributed by atoms with van der Waals surface area (Å²) in [4.78, 5) is 0. The molecule has 0 aromatic heterocycles. The number of aliphatic hydroxyl groups is 1. The average molecular weight is 241 g/mol. The van der Waals surface area contributed by atoms with E-state index in [2.05, 4.69) is 37.4 Å². The summed E-state index contributed by atoms with van der Waals surface area (Å²) in [5.74, 6) is 0. The van der Waals surface area contributed by atoms with E-state index in [-0.39, 0.29) is 6.61 Å². The van der Waals surface area contributed by atoms with E-state index in [0.29, 0.717) is 0 Å². The first-order valence-electron chi connectivity index (χ1n) is 6.18. The summed E-state index contributed by atoms with van der Waals surface area (Å²) >= 11 is 0. The van der Waals surface area contributed by atoms with Crippen molar-refractivity contribution in [2.24, 2.45) is 0 Å². The quantitative estimate of drug-likeness (QED) is 0.859. The standard InChI is InChI=1S/C16H19NO/c1-12-6-13(2)8-15(7-12)10-17-16-5-3-4-14(9-16)11-18/h3-9,17-18H,10-11H2,1-2H3. The Morgan fingerprint density at radius 3 is 2.33 bits per heavy atom. The highest BCUT2D eigenvalue weighted by Gasteiger charge is 1.98. The van der Waals surface area contributed by atoms with Gasteiger partial charge >= 0.3 is 0 Å². The molecule has 0 aliphatic rings. The van der Waals surface area contributed by atoms with Crippen LogP contribution in [0.2, 0.25) is 0 Å². The number of aliphatic hydroxyl groups excluding tert-OH is 1. The number of nitrogens with one attached hydrogen (secondary N) is 1. The summed E-state index contributed by atoms with van der Waals surface area (Å²) in [6.07, 6.45) is 0. The largest absolute Gasteiger partial charge is 0.392 e. The van der Waals surface area contributed by atoms with Crippen LogP contribution in [0.25, 0.3) is 0 Å². The van der Waals surface area contributed by atoms with Gasteiger partial charge in [-0.1, -0.05) is 41.5 Å². The lowest BCUT2D eigenvalue weighted by molar-refractivity contribution is 0.282. The van der Waals surface area contributed by atoms with Crippen molar-refractivity contribution in [2.45, 2.75) is 27.0 Å². The Balaban J connectivity index is 2.06. The smallest absolute Gasteiger partial charge is 0.0682 e. The van der Waals surface area contributed by atoms with Gasteiger partial charge in [0.1, 0.15) is 0 Å². The lowest BCUT2D eigenvalue weighted by Crippen LogP contribution is -2.00. The lowest BCUT2D eigenvalue weighted by atomic mass is 10.1. The molecule has 0 spiro atoms. The van der Waals surface area contributed by atoms with Crippen molar-refractivity contribution >= 4 is 5.69 Å². The van der Waals surface area contributed by atoms with Crippen LogP contribution in [0, 0.1) is 13.8 Å². The van der Waals surface area contributed by atoms with Gasteiger partial charge in [0.05, 0.1) is 6.61 Å². The van der Waals surface area contributed by atoms with Crippen LogP contribution >= 0.6 is 0 Å². The van der Waals surface area contributed by atoms with Crippen LogP contribution in [0.5, 0.6) is 0 Å². The van der Waals surface area contributed by atoms with E-state index in [4.69, 9.17) is 5.11 Å². The molecule has 0 heterocycles. The van der Waals surface area contributed by atoms with E-state index in [1.165, 1.54) is 16.7 Å². The summed E-state index contributed by atoms with van der Waals surface area (Å²) in [6, 6.07) is 14.4. The minimum Gasteiger partial charge on any atom is -0.392 e. The minimum atomic E-state index is 0.0824. The van der Waals surface area contributed by atoms with Gasteiger partial charge in [-0.2, -0.15) is 0 Å². The fraction of sp³-hybridized carbons (Fsp3) is 0.250. The Kier molecular flexibility index (Phi) is 4.00. The van der Waals surface area contributed by atoms with E-state index >= 15 is 0 Å². The maximum atomic E-state index is 9.09. The first-order chi connectivity index (χ1) is 8.67. The van der Waals surface area contributed by atoms with Crippen molar-refractivity contribution < 1.29 is 5.11 Å². The fourth-order valence-corrected chi connectivity index (χ4v) is 2.15. The molecule has 2 heteroatoms. The van der Waals surface area contributed by atoms with Gasteiger partial charge in [-0.15, -0.1) is 0 Å². The highest BCUT2D eigenvalue weighted by molar-refractivity contribution is 5.46. The zero-order chi connectivity index (χ0) is 13.0. The molecule has 2 rings (SSSR count). The summed E-state index contributed by atoms with van der Waals surface area (Å²) in [5.41, 5.74) is 5.83. The first kappa shape index (κ1) is 12.7. The molecule has 2 aromatic carbocycles. The van der Waals surface area contributed by atoms with Gasteiger partial charge in [-0.05, 0) is 37.1 Å². The average Bonchev–Trinajstić information content (AvgIpc) is 2.35.